The minimum atomic E-state index is -0.230. The van der Waals surface area contributed by atoms with Gasteiger partial charge in [0.2, 0.25) is 0 Å². The molecule has 1 heterocycles. The second kappa shape index (κ2) is 7.41. The van der Waals surface area contributed by atoms with Crippen molar-refractivity contribution < 1.29 is 9.13 Å². The first-order chi connectivity index (χ1) is 13.1. The molecule has 0 aliphatic heterocycles. The van der Waals surface area contributed by atoms with Crippen molar-refractivity contribution in [1.29, 1.82) is 0 Å². The molecule has 0 radical (unpaired) electrons. The maximum atomic E-state index is 13.8. The van der Waals surface area contributed by atoms with Gasteiger partial charge in [-0.25, -0.2) is 4.39 Å². The standard InChI is InChI=1S/C23H23FN2O/c1-26(2)12-6-7-16-13-19(27-18-8-4-3-5-9-18)15-21-20-14-17(24)10-11-22(20)25-23(16)21/h3-5,8-11,13-15,25H,6-7,12H2,1-2H3. The molecule has 0 aliphatic rings. The van der Waals surface area contributed by atoms with Crippen LogP contribution < -0.4 is 4.74 Å². The molecule has 27 heavy (non-hydrogen) atoms. The minimum Gasteiger partial charge on any atom is -0.457 e. The molecule has 3 nitrogen and oxygen atoms in total. The Bertz CT molecular complexity index is 1070. The maximum absolute atomic E-state index is 13.8. The maximum Gasteiger partial charge on any atom is 0.128 e. The van der Waals surface area contributed by atoms with Gasteiger partial charge in [0.1, 0.15) is 17.3 Å². The summed E-state index contributed by atoms with van der Waals surface area (Å²) in [4.78, 5) is 5.65. The Morgan fingerprint density at radius 1 is 0.926 bits per heavy atom. The Hall–Kier alpha value is -2.85. The zero-order valence-electron chi connectivity index (χ0n) is 15.6. The van der Waals surface area contributed by atoms with Gasteiger partial charge in [0.15, 0.2) is 0 Å². The van der Waals surface area contributed by atoms with E-state index < -0.39 is 0 Å². The number of fused-ring (bicyclic) bond motifs is 3. The molecule has 0 saturated heterocycles. The van der Waals surface area contributed by atoms with Crippen LogP contribution in [-0.2, 0) is 6.42 Å². The number of ether oxygens (including phenoxy) is 1. The Kier molecular flexibility index (Phi) is 4.82. The van der Waals surface area contributed by atoms with Gasteiger partial charge < -0.3 is 14.6 Å². The van der Waals surface area contributed by atoms with Gasteiger partial charge in [0, 0.05) is 21.8 Å². The van der Waals surface area contributed by atoms with Gasteiger partial charge in [-0.15, -0.1) is 0 Å². The number of hydrogen-bond acceptors (Lipinski definition) is 2. The SMILES string of the molecule is CN(C)CCCc1cc(Oc2ccccc2)cc2c1[nH]c1ccc(F)cc12. The van der Waals surface area contributed by atoms with Gasteiger partial charge in [-0.1, -0.05) is 18.2 Å². The summed E-state index contributed by atoms with van der Waals surface area (Å²) in [5.74, 6) is 1.34. The second-order valence-electron chi connectivity index (χ2n) is 7.14. The van der Waals surface area contributed by atoms with E-state index in [0.717, 1.165) is 52.7 Å². The highest BCUT2D eigenvalue weighted by molar-refractivity contribution is 6.08. The highest BCUT2D eigenvalue weighted by Gasteiger charge is 2.12. The molecule has 0 amide bonds. The third-order valence-electron chi connectivity index (χ3n) is 4.76. The number of hydrogen-bond donors (Lipinski definition) is 1. The Labute approximate surface area is 158 Å². The van der Waals surface area contributed by atoms with Crippen LogP contribution in [0.2, 0.25) is 0 Å². The molecule has 3 aromatic carbocycles. The number of aromatic nitrogens is 1. The topological polar surface area (TPSA) is 28.3 Å². The van der Waals surface area contributed by atoms with Crippen molar-refractivity contribution in [2.75, 3.05) is 20.6 Å². The van der Waals surface area contributed by atoms with Crippen molar-refractivity contribution >= 4 is 21.8 Å². The van der Waals surface area contributed by atoms with Gasteiger partial charge in [0.25, 0.3) is 0 Å². The molecule has 4 rings (SSSR count). The summed E-state index contributed by atoms with van der Waals surface area (Å²) in [6.07, 6.45) is 1.97. The predicted octanol–water partition coefficient (Wildman–Crippen LogP) is 5.75. The zero-order valence-corrected chi connectivity index (χ0v) is 15.6. The highest BCUT2D eigenvalue weighted by atomic mass is 19.1. The third kappa shape index (κ3) is 3.81. The Balaban J connectivity index is 1.80. The fourth-order valence-corrected chi connectivity index (χ4v) is 3.48. The van der Waals surface area contributed by atoms with E-state index in [1.807, 2.05) is 36.4 Å². The number of benzene rings is 3. The van der Waals surface area contributed by atoms with Crippen LogP contribution in [0.1, 0.15) is 12.0 Å². The van der Waals surface area contributed by atoms with E-state index in [9.17, 15) is 4.39 Å². The van der Waals surface area contributed by atoms with Crippen molar-refractivity contribution in [1.82, 2.24) is 9.88 Å². The van der Waals surface area contributed by atoms with Crippen LogP contribution in [0.5, 0.6) is 11.5 Å². The van der Waals surface area contributed by atoms with Gasteiger partial charge in [0.05, 0.1) is 0 Å². The van der Waals surface area contributed by atoms with Gasteiger partial charge >= 0.3 is 0 Å². The van der Waals surface area contributed by atoms with Crippen LogP contribution in [-0.4, -0.2) is 30.5 Å². The lowest BCUT2D eigenvalue weighted by Gasteiger charge is -2.12. The van der Waals surface area contributed by atoms with E-state index in [1.54, 1.807) is 12.1 Å². The summed E-state index contributed by atoms with van der Waals surface area (Å²) < 4.78 is 19.9. The number of rotatable bonds is 6. The zero-order chi connectivity index (χ0) is 18.8. The van der Waals surface area contributed by atoms with Crippen LogP contribution in [0.4, 0.5) is 4.39 Å². The molecule has 0 saturated carbocycles. The largest absolute Gasteiger partial charge is 0.457 e. The number of para-hydroxylation sites is 1. The first-order valence-corrected chi connectivity index (χ1v) is 9.21. The van der Waals surface area contributed by atoms with Crippen molar-refractivity contribution in [2.24, 2.45) is 0 Å². The number of nitrogens with one attached hydrogen (secondary N) is 1. The van der Waals surface area contributed by atoms with Gasteiger partial charge in [-0.2, -0.15) is 0 Å². The van der Waals surface area contributed by atoms with E-state index in [-0.39, 0.29) is 5.82 Å². The van der Waals surface area contributed by atoms with Crippen molar-refractivity contribution in [3.8, 4) is 11.5 Å². The molecular weight excluding hydrogens is 339 g/mol. The van der Waals surface area contributed by atoms with Crippen molar-refractivity contribution in [2.45, 2.75) is 12.8 Å². The lowest BCUT2D eigenvalue weighted by atomic mass is 10.0. The molecule has 0 spiro atoms. The minimum absolute atomic E-state index is 0.230. The Morgan fingerprint density at radius 3 is 2.52 bits per heavy atom. The third-order valence-corrected chi connectivity index (χ3v) is 4.76. The number of halogens is 1. The molecule has 0 aliphatic carbocycles. The van der Waals surface area contributed by atoms with Crippen LogP contribution in [0.3, 0.4) is 0 Å². The second-order valence-corrected chi connectivity index (χ2v) is 7.14. The number of H-pyrrole nitrogens is 1. The summed E-state index contributed by atoms with van der Waals surface area (Å²) in [6, 6.07) is 18.7. The average Bonchev–Trinajstić information content (AvgIpc) is 3.00. The molecule has 0 bridgehead atoms. The lowest BCUT2D eigenvalue weighted by Crippen LogP contribution is -2.13. The quantitative estimate of drug-likeness (QED) is 0.473. The lowest BCUT2D eigenvalue weighted by molar-refractivity contribution is 0.400. The summed E-state index contributed by atoms with van der Waals surface area (Å²) in [5, 5.41) is 1.88. The molecule has 0 unspecified atom stereocenters. The van der Waals surface area contributed by atoms with Gasteiger partial charge in [-0.3, -0.25) is 0 Å². The predicted molar refractivity (Wildman–Crippen MR) is 109 cm³/mol. The fourth-order valence-electron chi connectivity index (χ4n) is 3.48. The normalized spacial score (nSPS) is 11.6. The first kappa shape index (κ1) is 17.6. The molecule has 4 heteroatoms. The van der Waals surface area contributed by atoms with E-state index in [0.29, 0.717) is 0 Å². The fraction of sp³-hybridized carbons (Fsp3) is 0.217. The molecule has 1 N–H and O–H groups in total. The highest BCUT2D eigenvalue weighted by Crippen LogP contribution is 2.34. The summed E-state index contributed by atoms with van der Waals surface area (Å²) >= 11 is 0. The number of aromatic amines is 1. The first-order valence-electron chi connectivity index (χ1n) is 9.21. The van der Waals surface area contributed by atoms with Gasteiger partial charge in [-0.05, 0) is 81.5 Å². The van der Waals surface area contributed by atoms with Crippen LogP contribution in [0, 0.1) is 5.82 Å². The molecular formula is C23H23FN2O. The van der Waals surface area contributed by atoms with E-state index in [2.05, 4.69) is 30.0 Å². The van der Waals surface area contributed by atoms with Crippen molar-refractivity contribution in [3.05, 3.63) is 72.0 Å². The smallest absolute Gasteiger partial charge is 0.128 e. The molecule has 0 atom stereocenters. The summed E-state index contributed by atoms with van der Waals surface area (Å²) in [6.45, 7) is 1.01. The van der Waals surface area contributed by atoms with E-state index >= 15 is 0 Å². The average molecular weight is 362 g/mol. The summed E-state index contributed by atoms with van der Waals surface area (Å²) in [5.41, 5.74) is 3.20. The van der Waals surface area contributed by atoms with Crippen LogP contribution in [0.15, 0.2) is 60.7 Å². The number of aryl methyl sites for hydroxylation is 1. The summed E-state index contributed by atoms with van der Waals surface area (Å²) in [7, 11) is 4.16. The molecule has 4 aromatic rings. The van der Waals surface area contributed by atoms with E-state index in [1.165, 1.54) is 11.6 Å². The number of nitrogens with zero attached hydrogens (tertiary/aromatic N) is 1. The van der Waals surface area contributed by atoms with Crippen LogP contribution in [0.25, 0.3) is 21.8 Å². The van der Waals surface area contributed by atoms with Crippen LogP contribution >= 0.6 is 0 Å². The van der Waals surface area contributed by atoms with E-state index in [4.69, 9.17) is 4.74 Å². The molecule has 0 fully saturated rings. The Morgan fingerprint density at radius 2 is 1.74 bits per heavy atom. The molecule has 1 aromatic heterocycles. The van der Waals surface area contributed by atoms with Crippen molar-refractivity contribution in [3.63, 3.8) is 0 Å². The monoisotopic (exact) mass is 362 g/mol. The molecule has 138 valence electrons.